The second kappa shape index (κ2) is 6.65. The molecule has 1 spiro atoms. The Labute approximate surface area is 169 Å². The van der Waals surface area contributed by atoms with Crippen molar-refractivity contribution in [2.75, 3.05) is 7.05 Å². The highest BCUT2D eigenvalue weighted by molar-refractivity contribution is 6.05. The normalized spacial score (nSPS) is 30.6. The van der Waals surface area contributed by atoms with Crippen molar-refractivity contribution in [2.45, 2.75) is 31.3 Å². The molecule has 148 valence electrons. The molecule has 5 heteroatoms. The first-order valence-corrected chi connectivity index (χ1v) is 9.95. The van der Waals surface area contributed by atoms with Gasteiger partial charge in [0.05, 0.1) is 5.92 Å². The van der Waals surface area contributed by atoms with Gasteiger partial charge in [0, 0.05) is 7.05 Å². The first-order chi connectivity index (χ1) is 14.0. The summed E-state index contributed by atoms with van der Waals surface area (Å²) in [6, 6.07) is 19.8. The lowest BCUT2D eigenvalue weighted by Crippen LogP contribution is -2.46. The van der Waals surface area contributed by atoms with Crippen LogP contribution in [0.4, 0.5) is 0 Å². The fourth-order valence-electron chi connectivity index (χ4n) is 4.91. The molecular formula is C24H23NO4. The van der Waals surface area contributed by atoms with Gasteiger partial charge in [0.15, 0.2) is 0 Å². The summed E-state index contributed by atoms with van der Waals surface area (Å²) < 4.78 is 13.2. The highest BCUT2D eigenvalue weighted by Crippen LogP contribution is 2.56. The molecule has 2 fully saturated rings. The first-order valence-electron chi connectivity index (χ1n) is 9.95. The van der Waals surface area contributed by atoms with E-state index in [0.717, 1.165) is 16.7 Å². The van der Waals surface area contributed by atoms with Crippen molar-refractivity contribution in [1.29, 1.82) is 0 Å². The summed E-state index contributed by atoms with van der Waals surface area (Å²) in [5.74, 6) is -2.74. The molecule has 5 rings (SSSR count). The Hall–Kier alpha value is -2.76. The van der Waals surface area contributed by atoms with Crippen molar-refractivity contribution in [3.05, 3.63) is 83.4 Å². The highest BCUT2D eigenvalue weighted by Gasteiger charge is 2.63. The average Bonchev–Trinajstić information content (AvgIpc) is 3.21. The van der Waals surface area contributed by atoms with Gasteiger partial charge in [0.2, 0.25) is 17.6 Å². The van der Waals surface area contributed by atoms with E-state index in [9.17, 15) is 9.59 Å². The minimum Gasteiger partial charge on any atom is -0.334 e. The smallest absolute Gasteiger partial charge is 0.238 e. The molecule has 3 aliphatic rings. The minimum atomic E-state index is -1.24. The van der Waals surface area contributed by atoms with Gasteiger partial charge in [0.1, 0.15) is 18.1 Å². The van der Waals surface area contributed by atoms with Crippen molar-refractivity contribution in [1.82, 2.24) is 4.90 Å². The molecule has 29 heavy (non-hydrogen) atoms. The van der Waals surface area contributed by atoms with E-state index >= 15 is 0 Å². The summed E-state index contributed by atoms with van der Waals surface area (Å²) >= 11 is 0. The maximum Gasteiger partial charge on any atom is 0.238 e. The van der Waals surface area contributed by atoms with Gasteiger partial charge in [0.25, 0.3) is 0 Å². The van der Waals surface area contributed by atoms with E-state index < -0.39 is 17.6 Å². The van der Waals surface area contributed by atoms with E-state index in [-0.39, 0.29) is 24.0 Å². The number of carbonyl (C=O) groups excluding carboxylic acids is 2. The van der Waals surface area contributed by atoms with Gasteiger partial charge in [-0.15, -0.1) is 0 Å². The van der Waals surface area contributed by atoms with Crippen LogP contribution in [0, 0.1) is 11.8 Å². The molecule has 1 aliphatic carbocycles. The number of carbonyl (C=O) groups is 2. The van der Waals surface area contributed by atoms with Gasteiger partial charge in [-0.2, -0.15) is 0 Å². The number of nitrogens with zero attached hydrogens (tertiary/aromatic N) is 1. The molecule has 2 heterocycles. The van der Waals surface area contributed by atoms with E-state index in [2.05, 4.69) is 0 Å². The number of fused-ring (bicyclic) bond motifs is 2. The van der Waals surface area contributed by atoms with Gasteiger partial charge in [-0.25, -0.2) is 0 Å². The highest BCUT2D eigenvalue weighted by atomic mass is 16.8. The third kappa shape index (κ3) is 2.76. The van der Waals surface area contributed by atoms with Crippen LogP contribution < -0.4 is 0 Å². The lowest BCUT2D eigenvalue weighted by atomic mass is 9.77. The molecule has 0 aromatic heterocycles. The Kier molecular flexibility index (Phi) is 4.19. The lowest BCUT2D eigenvalue weighted by molar-refractivity contribution is -0.191. The summed E-state index contributed by atoms with van der Waals surface area (Å²) in [6.45, 7) is 1.97. The monoisotopic (exact) mass is 389 g/mol. The number of rotatable bonds is 2. The van der Waals surface area contributed by atoms with Crippen LogP contribution in [0.5, 0.6) is 0 Å². The van der Waals surface area contributed by atoms with Crippen LogP contribution in [-0.2, 0) is 19.1 Å². The van der Waals surface area contributed by atoms with Crippen LogP contribution in [-0.4, -0.2) is 29.5 Å². The Morgan fingerprint density at radius 1 is 0.862 bits per heavy atom. The molecule has 2 amide bonds. The van der Waals surface area contributed by atoms with Gasteiger partial charge in [-0.1, -0.05) is 66.2 Å². The van der Waals surface area contributed by atoms with E-state index in [1.807, 2.05) is 73.7 Å². The molecule has 0 radical (unpaired) electrons. The Balaban J connectivity index is 1.63. The summed E-state index contributed by atoms with van der Waals surface area (Å²) in [6.07, 6.45) is 1.71. The largest absolute Gasteiger partial charge is 0.334 e. The summed E-state index contributed by atoms with van der Waals surface area (Å²) in [4.78, 5) is 27.0. The molecular weight excluding hydrogens is 366 g/mol. The summed E-state index contributed by atoms with van der Waals surface area (Å²) in [5.41, 5.74) is 2.97. The number of imide groups is 1. The fourth-order valence-corrected chi connectivity index (χ4v) is 4.91. The number of likely N-dealkylation sites (tertiary alicyclic amines) is 1. The van der Waals surface area contributed by atoms with Crippen LogP contribution in [0.2, 0.25) is 0 Å². The summed E-state index contributed by atoms with van der Waals surface area (Å²) in [5, 5.41) is 0. The third-order valence-corrected chi connectivity index (χ3v) is 6.22. The standard InChI is InChI=1S/C24H23NO4/c1-15-13-18-19(23(27)25(2)22(18)26)24(14-15)28-20(16-9-5-3-6-10-16)21(29-24)17-11-7-4-8-12-17/h3-12,14,18-21H,13H2,1-2H3/t18-,19+,20-,21-/m0/s1. The van der Waals surface area contributed by atoms with Crippen LogP contribution in [0.25, 0.3) is 0 Å². The van der Waals surface area contributed by atoms with Gasteiger partial charge < -0.3 is 9.47 Å². The SMILES string of the molecule is CC1=CC2(O[C@@H](c3ccccc3)[C@H](c3ccccc3)O2)[C@H]2C(=O)N(C)C(=O)[C@H]2C1. The molecule has 5 nitrogen and oxygen atoms in total. The van der Waals surface area contributed by atoms with Crippen molar-refractivity contribution >= 4 is 11.8 Å². The zero-order valence-electron chi connectivity index (χ0n) is 16.4. The molecule has 2 aliphatic heterocycles. The van der Waals surface area contributed by atoms with Crippen LogP contribution >= 0.6 is 0 Å². The number of allylic oxidation sites excluding steroid dienone is 1. The number of amides is 2. The van der Waals surface area contributed by atoms with E-state index in [1.165, 1.54) is 4.90 Å². The lowest BCUT2D eigenvalue weighted by Gasteiger charge is -2.36. The first kappa shape index (κ1) is 18.3. The molecule has 0 unspecified atom stereocenters. The molecule has 2 aromatic rings. The molecule has 0 N–H and O–H groups in total. The Morgan fingerprint density at radius 2 is 1.38 bits per heavy atom. The van der Waals surface area contributed by atoms with Crippen LogP contribution in [0.1, 0.15) is 36.7 Å². The van der Waals surface area contributed by atoms with Gasteiger partial charge in [-0.05, 0) is 30.5 Å². The van der Waals surface area contributed by atoms with E-state index in [0.29, 0.717) is 6.42 Å². The maximum atomic E-state index is 13.0. The molecule has 0 bridgehead atoms. The van der Waals surface area contributed by atoms with Crippen molar-refractivity contribution < 1.29 is 19.1 Å². The number of ether oxygens (including phenoxy) is 2. The van der Waals surface area contributed by atoms with E-state index in [1.54, 1.807) is 7.05 Å². The van der Waals surface area contributed by atoms with Crippen LogP contribution in [0.15, 0.2) is 72.3 Å². The van der Waals surface area contributed by atoms with Crippen molar-refractivity contribution in [2.24, 2.45) is 11.8 Å². The van der Waals surface area contributed by atoms with Crippen LogP contribution in [0.3, 0.4) is 0 Å². The third-order valence-electron chi connectivity index (χ3n) is 6.22. The summed E-state index contributed by atoms with van der Waals surface area (Å²) in [7, 11) is 1.55. The fraction of sp³-hybridized carbons (Fsp3) is 0.333. The zero-order valence-corrected chi connectivity index (χ0v) is 16.4. The molecule has 2 saturated heterocycles. The minimum absolute atomic E-state index is 0.154. The number of hydrogen-bond donors (Lipinski definition) is 0. The molecule has 0 saturated carbocycles. The predicted molar refractivity (Wildman–Crippen MR) is 106 cm³/mol. The maximum absolute atomic E-state index is 13.0. The zero-order chi connectivity index (χ0) is 20.2. The topological polar surface area (TPSA) is 55.8 Å². The second-order valence-electron chi connectivity index (χ2n) is 8.13. The van der Waals surface area contributed by atoms with Crippen molar-refractivity contribution in [3.63, 3.8) is 0 Å². The number of hydrogen-bond acceptors (Lipinski definition) is 4. The number of benzene rings is 2. The predicted octanol–water partition coefficient (Wildman–Crippen LogP) is 3.79. The Morgan fingerprint density at radius 3 is 1.90 bits per heavy atom. The van der Waals surface area contributed by atoms with Gasteiger partial charge in [-0.3, -0.25) is 14.5 Å². The quantitative estimate of drug-likeness (QED) is 0.579. The molecule has 4 atom stereocenters. The Bertz CT molecular complexity index is 937. The second-order valence-corrected chi connectivity index (χ2v) is 8.13. The van der Waals surface area contributed by atoms with E-state index in [4.69, 9.17) is 9.47 Å². The average molecular weight is 389 g/mol. The van der Waals surface area contributed by atoms with Crippen molar-refractivity contribution in [3.8, 4) is 0 Å². The molecule has 2 aromatic carbocycles. The van der Waals surface area contributed by atoms with Gasteiger partial charge >= 0.3 is 0 Å².